The molecule has 0 unspecified atom stereocenters. The van der Waals surface area contributed by atoms with Crippen LogP contribution in [0.5, 0.6) is 0 Å². The highest BCUT2D eigenvalue weighted by atomic mass is 15.1. The SMILES string of the molecule is CN(CCC(=N)N)Cc1ccccn1. The van der Waals surface area contributed by atoms with Crippen LogP contribution < -0.4 is 5.73 Å². The van der Waals surface area contributed by atoms with Crippen LogP contribution in [-0.4, -0.2) is 29.3 Å². The van der Waals surface area contributed by atoms with Gasteiger partial charge in [0.25, 0.3) is 0 Å². The van der Waals surface area contributed by atoms with Crippen LogP contribution in [0.4, 0.5) is 0 Å². The van der Waals surface area contributed by atoms with Gasteiger partial charge in [0, 0.05) is 25.7 Å². The van der Waals surface area contributed by atoms with Gasteiger partial charge in [0.15, 0.2) is 0 Å². The van der Waals surface area contributed by atoms with E-state index in [1.54, 1.807) is 6.20 Å². The van der Waals surface area contributed by atoms with Crippen LogP contribution >= 0.6 is 0 Å². The number of nitrogens with two attached hydrogens (primary N) is 1. The zero-order chi connectivity index (χ0) is 10.4. The molecule has 0 fully saturated rings. The molecule has 3 N–H and O–H groups in total. The smallest absolute Gasteiger partial charge is 0.0918 e. The van der Waals surface area contributed by atoms with Crippen LogP contribution in [0.2, 0.25) is 0 Å². The quantitative estimate of drug-likeness (QED) is 0.536. The Morgan fingerprint density at radius 2 is 2.36 bits per heavy atom. The average Bonchev–Trinajstić information content (AvgIpc) is 2.16. The van der Waals surface area contributed by atoms with E-state index < -0.39 is 0 Å². The van der Waals surface area contributed by atoms with E-state index in [0.29, 0.717) is 6.42 Å². The lowest BCUT2D eigenvalue weighted by Crippen LogP contribution is -2.24. The molecule has 1 heterocycles. The molecule has 0 saturated carbocycles. The summed E-state index contributed by atoms with van der Waals surface area (Å²) in [6.07, 6.45) is 2.40. The molecule has 0 radical (unpaired) electrons. The van der Waals surface area contributed by atoms with Gasteiger partial charge in [-0.15, -0.1) is 0 Å². The predicted octanol–water partition coefficient (Wildman–Crippen LogP) is 0.839. The van der Waals surface area contributed by atoms with E-state index in [-0.39, 0.29) is 5.84 Å². The van der Waals surface area contributed by atoms with Gasteiger partial charge >= 0.3 is 0 Å². The van der Waals surface area contributed by atoms with Crippen LogP contribution in [0.1, 0.15) is 12.1 Å². The summed E-state index contributed by atoms with van der Waals surface area (Å²) in [5.74, 6) is 0.234. The Morgan fingerprint density at radius 3 is 2.93 bits per heavy atom. The van der Waals surface area contributed by atoms with Crippen molar-refractivity contribution in [3.63, 3.8) is 0 Å². The van der Waals surface area contributed by atoms with Crippen molar-refractivity contribution in [2.24, 2.45) is 5.73 Å². The monoisotopic (exact) mass is 192 g/mol. The van der Waals surface area contributed by atoms with Gasteiger partial charge in [-0.05, 0) is 19.2 Å². The fourth-order valence-corrected chi connectivity index (χ4v) is 1.16. The first-order valence-corrected chi connectivity index (χ1v) is 4.60. The second kappa shape index (κ2) is 5.34. The molecule has 4 heteroatoms. The van der Waals surface area contributed by atoms with E-state index in [2.05, 4.69) is 9.88 Å². The van der Waals surface area contributed by atoms with E-state index in [0.717, 1.165) is 18.8 Å². The number of amidine groups is 1. The maximum Gasteiger partial charge on any atom is 0.0918 e. The molecule has 1 rings (SSSR count). The summed E-state index contributed by atoms with van der Waals surface area (Å²) in [5.41, 5.74) is 6.32. The summed E-state index contributed by atoms with van der Waals surface area (Å²) in [5, 5.41) is 7.10. The van der Waals surface area contributed by atoms with E-state index >= 15 is 0 Å². The minimum atomic E-state index is 0.234. The minimum absolute atomic E-state index is 0.234. The van der Waals surface area contributed by atoms with Gasteiger partial charge < -0.3 is 10.6 Å². The Morgan fingerprint density at radius 1 is 1.57 bits per heavy atom. The number of pyridine rings is 1. The van der Waals surface area contributed by atoms with Crippen molar-refractivity contribution in [2.75, 3.05) is 13.6 Å². The highest BCUT2D eigenvalue weighted by Crippen LogP contribution is 1.98. The van der Waals surface area contributed by atoms with Crippen molar-refractivity contribution in [1.29, 1.82) is 5.41 Å². The van der Waals surface area contributed by atoms with Crippen molar-refractivity contribution in [2.45, 2.75) is 13.0 Å². The Balaban J connectivity index is 2.34. The molecule has 1 aromatic heterocycles. The van der Waals surface area contributed by atoms with E-state index in [1.807, 2.05) is 25.2 Å². The maximum atomic E-state index is 7.10. The van der Waals surface area contributed by atoms with E-state index in [9.17, 15) is 0 Å². The van der Waals surface area contributed by atoms with E-state index in [4.69, 9.17) is 11.1 Å². The first-order chi connectivity index (χ1) is 6.68. The third kappa shape index (κ3) is 4.00. The maximum absolute atomic E-state index is 7.10. The van der Waals surface area contributed by atoms with Crippen molar-refractivity contribution in [1.82, 2.24) is 9.88 Å². The van der Waals surface area contributed by atoms with Crippen LogP contribution in [0.15, 0.2) is 24.4 Å². The van der Waals surface area contributed by atoms with Crippen molar-refractivity contribution in [3.8, 4) is 0 Å². The molecular weight excluding hydrogens is 176 g/mol. The summed E-state index contributed by atoms with van der Waals surface area (Å²) in [4.78, 5) is 6.32. The van der Waals surface area contributed by atoms with Gasteiger partial charge in [-0.2, -0.15) is 0 Å². The molecular formula is C10H16N4. The highest BCUT2D eigenvalue weighted by Gasteiger charge is 2.00. The number of aromatic nitrogens is 1. The lowest BCUT2D eigenvalue weighted by atomic mass is 10.3. The molecule has 0 amide bonds. The van der Waals surface area contributed by atoms with Crippen molar-refractivity contribution >= 4 is 5.84 Å². The van der Waals surface area contributed by atoms with Gasteiger partial charge in [-0.1, -0.05) is 6.07 Å². The van der Waals surface area contributed by atoms with Gasteiger partial charge in [-0.3, -0.25) is 10.4 Å². The summed E-state index contributed by atoms with van der Waals surface area (Å²) in [6.45, 7) is 1.60. The summed E-state index contributed by atoms with van der Waals surface area (Å²) in [6, 6.07) is 5.87. The molecule has 0 aromatic carbocycles. The number of nitrogens with one attached hydrogen (secondary N) is 1. The average molecular weight is 192 g/mol. The highest BCUT2D eigenvalue weighted by molar-refractivity contribution is 5.76. The van der Waals surface area contributed by atoms with Crippen LogP contribution in [-0.2, 0) is 6.54 Å². The molecule has 4 nitrogen and oxygen atoms in total. The minimum Gasteiger partial charge on any atom is -0.388 e. The van der Waals surface area contributed by atoms with Gasteiger partial charge in [0.05, 0.1) is 11.5 Å². The Bertz CT molecular complexity index is 283. The van der Waals surface area contributed by atoms with Gasteiger partial charge in [0.2, 0.25) is 0 Å². The lowest BCUT2D eigenvalue weighted by Gasteiger charge is -2.15. The third-order valence-electron chi connectivity index (χ3n) is 1.92. The topological polar surface area (TPSA) is 66.0 Å². The number of rotatable bonds is 5. The Kier molecular flexibility index (Phi) is 4.07. The standard InChI is InChI=1S/C10H16N4/c1-14(7-5-10(11)12)8-9-4-2-3-6-13-9/h2-4,6H,5,7-8H2,1H3,(H3,11,12). The second-order valence-corrected chi connectivity index (χ2v) is 3.33. The third-order valence-corrected chi connectivity index (χ3v) is 1.92. The van der Waals surface area contributed by atoms with Crippen LogP contribution in [0.25, 0.3) is 0 Å². The number of nitrogens with zero attached hydrogens (tertiary/aromatic N) is 2. The predicted molar refractivity (Wildman–Crippen MR) is 57.1 cm³/mol. The summed E-state index contributed by atoms with van der Waals surface area (Å²) >= 11 is 0. The lowest BCUT2D eigenvalue weighted by molar-refractivity contribution is 0.332. The van der Waals surface area contributed by atoms with Gasteiger partial charge in [0.1, 0.15) is 0 Å². The van der Waals surface area contributed by atoms with Crippen LogP contribution in [0, 0.1) is 5.41 Å². The molecule has 1 aromatic rings. The molecule has 14 heavy (non-hydrogen) atoms. The summed E-state index contributed by atoms with van der Waals surface area (Å²) < 4.78 is 0. The zero-order valence-electron chi connectivity index (χ0n) is 8.40. The molecule has 0 aliphatic heterocycles. The Hall–Kier alpha value is -1.42. The van der Waals surface area contributed by atoms with Crippen molar-refractivity contribution < 1.29 is 0 Å². The largest absolute Gasteiger partial charge is 0.388 e. The fourth-order valence-electron chi connectivity index (χ4n) is 1.16. The zero-order valence-corrected chi connectivity index (χ0v) is 8.40. The molecule has 0 spiro atoms. The number of hydrogen-bond donors (Lipinski definition) is 2. The normalized spacial score (nSPS) is 10.4. The van der Waals surface area contributed by atoms with Gasteiger partial charge in [-0.25, -0.2) is 0 Å². The molecule has 0 aliphatic carbocycles. The molecule has 0 bridgehead atoms. The van der Waals surface area contributed by atoms with Crippen LogP contribution in [0.3, 0.4) is 0 Å². The second-order valence-electron chi connectivity index (χ2n) is 3.33. The fraction of sp³-hybridized carbons (Fsp3) is 0.400. The molecule has 0 saturated heterocycles. The molecule has 0 aliphatic rings. The first-order valence-electron chi connectivity index (χ1n) is 4.60. The van der Waals surface area contributed by atoms with Crippen molar-refractivity contribution in [3.05, 3.63) is 30.1 Å². The van der Waals surface area contributed by atoms with E-state index in [1.165, 1.54) is 0 Å². The number of hydrogen-bond acceptors (Lipinski definition) is 3. The molecule has 76 valence electrons. The molecule has 0 atom stereocenters. The summed E-state index contributed by atoms with van der Waals surface area (Å²) in [7, 11) is 2.00. The first kappa shape index (κ1) is 10.7. The Labute approximate surface area is 84.3 Å².